The van der Waals surface area contributed by atoms with Crippen LogP contribution in [0.4, 0.5) is 0 Å². The number of carbonyl (C=O) groups excluding carboxylic acids is 1. The number of hydrogen-bond acceptors (Lipinski definition) is 3. The molecular formula is C12H15NOS. The molecule has 0 bridgehead atoms. The molecule has 0 atom stereocenters. The second-order valence-electron chi connectivity index (χ2n) is 3.68. The average molecular weight is 221 g/mol. The van der Waals surface area contributed by atoms with Crippen LogP contribution in [0.25, 0.3) is 0 Å². The van der Waals surface area contributed by atoms with E-state index in [2.05, 4.69) is 12.2 Å². The number of carbonyl (C=O) groups is 1. The zero-order valence-electron chi connectivity index (χ0n) is 8.82. The van der Waals surface area contributed by atoms with Gasteiger partial charge in [-0.2, -0.15) is 0 Å². The summed E-state index contributed by atoms with van der Waals surface area (Å²) in [4.78, 5) is 13.1. The molecule has 0 amide bonds. The highest BCUT2D eigenvalue weighted by Gasteiger charge is 2.25. The van der Waals surface area contributed by atoms with Crippen molar-refractivity contribution >= 4 is 17.5 Å². The number of Topliss-reactive ketones (excluding diaryl/α,β-unsaturated/α-hetero) is 1. The molecule has 15 heavy (non-hydrogen) atoms. The average Bonchev–Trinajstić information content (AvgIpc) is 2.16. The van der Waals surface area contributed by atoms with Gasteiger partial charge in [0.15, 0.2) is 5.78 Å². The topological polar surface area (TPSA) is 29.1 Å². The van der Waals surface area contributed by atoms with Crippen molar-refractivity contribution in [2.75, 3.05) is 18.8 Å². The normalized spacial score (nSPS) is 16.1. The highest BCUT2D eigenvalue weighted by Crippen LogP contribution is 2.19. The predicted molar refractivity (Wildman–Crippen MR) is 63.5 cm³/mol. The third kappa shape index (κ3) is 2.41. The molecule has 1 aromatic carbocycles. The zero-order chi connectivity index (χ0) is 10.7. The molecule has 3 heteroatoms. The van der Waals surface area contributed by atoms with E-state index in [1.54, 1.807) is 11.8 Å². The van der Waals surface area contributed by atoms with Crippen molar-refractivity contribution in [1.82, 2.24) is 5.32 Å². The van der Waals surface area contributed by atoms with Gasteiger partial charge >= 0.3 is 0 Å². The first-order chi connectivity index (χ1) is 7.31. The summed E-state index contributed by atoms with van der Waals surface area (Å²) in [5.74, 6) is 1.55. The highest BCUT2D eigenvalue weighted by molar-refractivity contribution is 7.99. The van der Waals surface area contributed by atoms with Crippen LogP contribution >= 0.6 is 11.8 Å². The first-order valence-corrected chi connectivity index (χ1v) is 6.27. The molecule has 0 saturated carbocycles. The molecular weight excluding hydrogens is 206 g/mol. The molecule has 0 radical (unpaired) electrons. The molecule has 1 saturated heterocycles. The molecule has 2 nitrogen and oxygen atoms in total. The minimum atomic E-state index is 0.203. The van der Waals surface area contributed by atoms with E-state index < -0.39 is 0 Å². The maximum Gasteiger partial charge on any atom is 0.168 e. The number of rotatable bonds is 4. The summed E-state index contributed by atoms with van der Waals surface area (Å²) in [5, 5.41) is 3.12. The summed E-state index contributed by atoms with van der Waals surface area (Å²) < 4.78 is 0. The van der Waals surface area contributed by atoms with Gasteiger partial charge in [0.1, 0.15) is 0 Å². The van der Waals surface area contributed by atoms with Crippen molar-refractivity contribution in [3.8, 4) is 0 Å². The Hall–Kier alpha value is -0.800. The van der Waals surface area contributed by atoms with Crippen LogP contribution < -0.4 is 5.32 Å². The molecule has 1 heterocycles. The van der Waals surface area contributed by atoms with Crippen molar-refractivity contribution in [3.63, 3.8) is 0 Å². The maximum absolute atomic E-state index is 11.8. The number of hydrogen-bond donors (Lipinski definition) is 1. The van der Waals surface area contributed by atoms with E-state index in [9.17, 15) is 4.79 Å². The summed E-state index contributed by atoms with van der Waals surface area (Å²) in [6.07, 6.45) is 0. The van der Waals surface area contributed by atoms with E-state index in [-0.39, 0.29) is 11.7 Å². The first-order valence-electron chi connectivity index (χ1n) is 5.29. The molecule has 0 spiro atoms. The minimum Gasteiger partial charge on any atom is -0.315 e. The monoisotopic (exact) mass is 221 g/mol. The number of ketones is 1. The van der Waals surface area contributed by atoms with Gasteiger partial charge in [0, 0.05) is 29.5 Å². The zero-order valence-corrected chi connectivity index (χ0v) is 9.64. The van der Waals surface area contributed by atoms with Crippen LogP contribution in [-0.4, -0.2) is 24.6 Å². The van der Waals surface area contributed by atoms with E-state index in [0.717, 1.165) is 24.4 Å². The van der Waals surface area contributed by atoms with Gasteiger partial charge in [-0.15, -0.1) is 11.8 Å². The Morgan fingerprint density at radius 3 is 2.53 bits per heavy atom. The fourth-order valence-corrected chi connectivity index (χ4v) is 2.25. The smallest absolute Gasteiger partial charge is 0.168 e. The van der Waals surface area contributed by atoms with Crippen molar-refractivity contribution < 1.29 is 4.79 Å². The number of benzene rings is 1. The van der Waals surface area contributed by atoms with E-state index in [4.69, 9.17) is 0 Å². The Bertz CT molecular complexity index is 343. The van der Waals surface area contributed by atoms with Crippen LogP contribution in [0, 0.1) is 5.92 Å². The second-order valence-corrected chi connectivity index (χ2v) is 5.01. The highest BCUT2D eigenvalue weighted by atomic mass is 32.2. The molecule has 1 aromatic rings. The van der Waals surface area contributed by atoms with Crippen molar-refractivity contribution in [3.05, 3.63) is 29.8 Å². The third-order valence-corrected chi connectivity index (χ3v) is 3.50. The van der Waals surface area contributed by atoms with Crippen molar-refractivity contribution in [2.45, 2.75) is 11.8 Å². The quantitative estimate of drug-likeness (QED) is 0.624. The lowest BCUT2D eigenvalue weighted by Gasteiger charge is -2.25. The third-order valence-electron chi connectivity index (χ3n) is 2.60. The van der Waals surface area contributed by atoms with E-state index in [1.807, 2.05) is 24.3 Å². The first kappa shape index (κ1) is 10.7. The molecule has 0 unspecified atom stereocenters. The Kier molecular flexibility index (Phi) is 3.44. The van der Waals surface area contributed by atoms with Gasteiger partial charge in [0.25, 0.3) is 0 Å². The fourth-order valence-electron chi connectivity index (χ4n) is 1.59. The van der Waals surface area contributed by atoms with Gasteiger partial charge in [-0.1, -0.05) is 19.1 Å². The largest absolute Gasteiger partial charge is 0.315 e. The standard InChI is InChI=1S/C12H15NOS/c1-2-15-11-5-3-9(4-6-11)12(14)10-7-13-8-10/h3-6,10,13H,2,7-8H2,1H3. The molecule has 1 fully saturated rings. The summed E-state index contributed by atoms with van der Waals surface area (Å²) in [6, 6.07) is 7.96. The van der Waals surface area contributed by atoms with Gasteiger partial charge in [-0.3, -0.25) is 4.79 Å². The van der Waals surface area contributed by atoms with Crippen LogP contribution in [0.5, 0.6) is 0 Å². The van der Waals surface area contributed by atoms with Crippen LogP contribution in [0.15, 0.2) is 29.2 Å². The molecule has 0 aliphatic carbocycles. The fraction of sp³-hybridized carbons (Fsp3) is 0.417. The summed E-state index contributed by atoms with van der Waals surface area (Å²) in [7, 11) is 0. The van der Waals surface area contributed by atoms with Gasteiger partial charge < -0.3 is 5.32 Å². The lowest BCUT2D eigenvalue weighted by atomic mass is 9.93. The molecule has 2 rings (SSSR count). The van der Waals surface area contributed by atoms with Crippen LogP contribution in [0.1, 0.15) is 17.3 Å². The van der Waals surface area contributed by atoms with Gasteiger partial charge in [-0.25, -0.2) is 0 Å². The Morgan fingerprint density at radius 1 is 1.40 bits per heavy atom. The van der Waals surface area contributed by atoms with Gasteiger partial charge in [0.2, 0.25) is 0 Å². The molecule has 1 aliphatic heterocycles. The Balaban J connectivity index is 2.05. The number of thioether (sulfide) groups is 1. The Morgan fingerprint density at radius 2 is 2.07 bits per heavy atom. The lowest BCUT2D eigenvalue weighted by molar-refractivity contribution is 0.0878. The molecule has 1 aliphatic rings. The van der Waals surface area contributed by atoms with E-state index in [1.165, 1.54) is 4.90 Å². The summed E-state index contributed by atoms with van der Waals surface area (Å²) in [6.45, 7) is 3.80. The summed E-state index contributed by atoms with van der Waals surface area (Å²) in [5.41, 5.74) is 0.849. The molecule has 1 N–H and O–H groups in total. The van der Waals surface area contributed by atoms with Crippen molar-refractivity contribution in [1.29, 1.82) is 0 Å². The van der Waals surface area contributed by atoms with E-state index in [0.29, 0.717) is 0 Å². The minimum absolute atomic E-state index is 0.203. The van der Waals surface area contributed by atoms with Gasteiger partial charge in [-0.05, 0) is 17.9 Å². The van der Waals surface area contributed by atoms with Crippen molar-refractivity contribution in [2.24, 2.45) is 5.92 Å². The second kappa shape index (κ2) is 4.81. The van der Waals surface area contributed by atoms with Crippen LogP contribution in [0.2, 0.25) is 0 Å². The van der Waals surface area contributed by atoms with Crippen LogP contribution in [0.3, 0.4) is 0 Å². The number of nitrogens with one attached hydrogen (secondary N) is 1. The van der Waals surface area contributed by atoms with Gasteiger partial charge in [0.05, 0.1) is 0 Å². The van der Waals surface area contributed by atoms with Crippen LogP contribution in [-0.2, 0) is 0 Å². The Labute approximate surface area is 94.4 Å². The lowest BCUT2D eigenvalue weighted by Crippen LogP contribution is -2.46. The molecule has 0 aromatic heterocycles. The maximum atomic E-state index is 11.8. The van der Waals surface area contributed by atoms with E-state index >= 15 is 0 Å². The predicted octanol–water partition coefficient (Wildman–Crippen LogP) is 2.20. The summed E-state index contributed by atoms with van der Waals surface area (Å²) >= 11 is 1.80. The SMILES string of the molecule is CCSc1ccc(C(=O)C2CNC2)cc1. The molecule has 80 valence electrons.